The zero-order valence-electron chi connectivity index (χ0n) is 9.54. The second kappa shape index (κ2) is 5.00. The fraction of sp³-hybridized carbons (Fsp3) is 0.857. The Bertz CT molecular complexity index is 192. The third-order valence-corrected chi connectivity index (χ3v) is 4.25. The highest BCUT2D eigenvalue weighted by Crippen LogP contribution is 2.42. The van der Waals surface area contributed by atoms with Gasteiger partial charge in [0.25, 0.3) is 0 Å². The molecule has 2 aliphatic rings. The van der Waals surface area contributed by atoms with Crippen LogP contribution in [0.2, 0.25) is 0 Å². The number of hydrogen-bond acceptors (Lipinski definition) is 0. The molecule has 0 bridgehead atoms. The molecule has 0 aromatic carbocycles. The molecule has 0 N–H and O–H groups in total. The van der Waals surface area contributed by atoms with Gasteiger partial charge in [-0.3, -0.25) is 0 Å². The van der Waals surface area contributed by atoms with Crippen molar-refractivity contribution in [2.75, 3.05) is 0 Å². The SMILES string of the molecule is CCCCC1CCCC2C=CCCC21. The van der Waals surface area contributed by atoms with Crippen LogP contribution in [-0.2, 0) is 0 Å². The summed E-state index contributed by atoms with van der Waals surface area (Å²) in [5, 5.41) is 0. The van der Waals surface area contributed by atoms with Gasteiger partial charge in [0.2, 0.25) is 0 Å². The first-order valence-corrected chi connectivity index (χ1v) is 6.58. The normalized spacial score (nSPS) is 36.8. The molecule has 0 aromatic rings. The molecule has 0 nitrogen and oxygen atoms in total. The summed E-state index contributed by atoms with van der Waals surface area (Å²) in [7, 11) is 0. The lowest BCUT2D eigenvalue weighted by molar-refractivity contribution is 0.155. The molecule has 80 valence electrons. The molecule has 3 unspecified atom stereocenters. The highest BCUT2D eigenvalue weighted by Gasteiger charge is 2.31. The molecule has 0 heterocycles. The average molecular weight is 192 g/mol. The summed E-state index contributed by atoms with van der Waals surface area (Å²) in [5.74, 6) is 3.08. The summed E-state index contributed by atoms with van der Waals surface area (Å²) in [5.41, 5.74) is 0. The molecule has 1 fully saturated rings. The fourth-order valence-corrected chi connectivity index (χ4v) is 3.47. The molecule has 0 radical (unpaired) electrons. The maximum absolute atomic E-state index is 2.52. The van der Waals surface area contributed by atoms with Crippen LogP contribution in [0.1, 0.15) is 58.3 Å². The molecule has 0 heteroatoms. The van der Waals surface area contributed by atoms with E-state index >= 15 is 0 Å². The summed E-state index contributed by atoms with van der Waals surface area (Å²) in [6.07, 6.45) is 16.6. The molecular weight excluding hydrogens is 168 g/mol. The number of unbranched alkanes of at least 4 members (excludes halogenated alkanes) is 1. The van der Waals surface area contributed by atoms with Gasteiger partial charge >= 0.3 is 0 Å². The van der Waals surface area contributed by atoms with E-state index in [1.807, 2.05) is 0 Å². The predicted octanol–water partition coefficient (Wildman–Crippen LogP) is 4.56. The van der Waals surface area contributed by atoms with Gasteiger partial charge in [0, 0.05) is 0 Å². The third kappa shape index (κ3) is 2.21. The van der Waals surface area contributed by atoms with Crippen molar-refractivity contribution >= 4 is 0 Å². The van der Waals surface area contributed by atoms with Crippen molar-refractivity contribution in [2.45, 2.75) is 58.3 Å². The van der Waals surface area contributed by atoms with E-state index in [0.717, 1.165) is 17.8 Å². The van der Waals surface area contributed by atoms with Crippen LogP contribution in [0.4, 0.5) is 0 Å². The van der Waals surface area contributed by atoms with Crippen LogP contribution >= 0.6 is 0 Å². The third-order valence-electron chi connectivity index (χ3n) is 4.25. The molecule has 0 aliphatic heterocycles. The van der Waals surface area contributed by atoms with Crippen LogP contribution in [0, 0.1) is 17.8 Å². The summed E-state index contributed by atoms with van der Waals surface area (Å²) in [6.45, 7) is 2.32. The Morgan fingerprint density at radius 1 is 1.21 bits per heavy atom. The molecule has 2 aliphatic carbocycles. The van der Waals surface area contributed by atoms with Crippen molar-refractivity contribution in [1.82, 2.24) is 0 Å². The molecule has 0 amide bonds. The lowest BCUT2D eigenvalue weighted by Gasteiger charge is -2.39. The predicted molar refractivity (Wildman–Crippen MR) is 62.2 cm³/mol. The van der Waals surface area contributed by atoms with Gasteiger partial charge in [-0.2, -0.15) is 0 Å². The summed E-state index contributed by atoms with van der Waals surface area (Å²) >= 11 is 0. The summed E-state index contributed by atoms with van der Waals surface area (Å²) in [6, 6.07) is 0. The molecule has 0 spiro atoms. The lowest BCUT2D eigenvalue weighted by atomic mass is 9.66. The maximum atomic E-state index is 2.52. The van der Waals surface area contributed by atoms with Crippen LogP contribution in [0.15, 0.2) is 12.2 Å². The largest absolute Gasteiger partial charge is 0.0882 e. The van der Waals surface area contributed by atoms with E-state index in [2.05, 4.69) is 19.1 Å². The molecule has 0 aromatic heterocycles. The number of rotatable bonds is 3. The second-order valence-electron chi connectivity index (χ2n) is 5.17. The van der Waals surface area contributed by atoms with Gasteiger partial charge in [0.1, 0.15) is 0 Å². The Labute approximate surface area is 88.8 Å². The van der Waals surface area contributed by atoms with E-state index in [4.69, 9.17) is 0 Å². The Hall–Kier alpha value is -0.260. The van der Waals surface area contributed by atoms with Crippen LogP contribution in [0.25, 0.3) is 0 Å². The number of fused-ring (bicyclic) bond motifs is 1. The van der Waals surface area contributed by atoms with Gasteiger partial charge in [-0.05, 0) is 37.0 Å². The summed E-state index contributed by atoms with van der Waals surface area (Å²) in [4.78, 5) is 0. The standard InChI is InChI=1S/C14H24/c1-2-3-7-12-9-6-10-13-8-4-5-11-14(12)13/h4,8,12-14H,2-3,5-7,9-11H2,1H3. The molecule has 1 saturated carbocycles. The van der Waals surface area contributed by atoms with E-state index in [9.17, 15) is 0 Å². The van der Waals surface area contributed by atoms with E-state index in [0.29, 0.717) is 0 Å². The zero-order valence-corrected chi connectivity index (χ0v) is 9.54. The van der Waals surface area contributed by atoms with E-state index in [1.165, 1.54) is 51.4 Å². The quantitative estimate of drug-likeness (QED) is 0.575. The Morgan fingerprint density at radius 2 is 2.14 bits per heavy atom. The smallest absolute Gasteiger partial charge is 0.0202 e. The minimum Gasteiger partial charge on any atom is -0.0882 e. The minimum atomic E-state index is 0.958. The first kappa shape index (κ1) is 10.3. The van der Waals surface area contributed by atoms with Crippen molar-refractivity contribution in [3.63, 3.8) is 0 Å². The van der Waals surface area contributed by atoms with E-state index in [-0.39, 0.29) is 0 Å². The molecular formula is C14H24. The van der Waals surface area contributed by atoms with Crippen LogP contribution in [0.3, 0.4) is 0 Å². The first-order valence-electron chi connectivity index (χ1n) is 6.58. The van der Waals surface area contributed by atoms with Crippen LogP contribution in [0.5, 0.6) is 0 Å². The van der Waals surface area contributed by atoms with E-state index < -0.39 is 0 Å². The molecule has 0 saturated heterocycles. The van der Waals surface area contributed by atoms with Gasteiger partial charge in [-0.15, -0.1) is 0 Å². The van der Waals surface area contributed by atoms with E-state index in [1.54, 1.807) is 0 Å². The van der Waals surface area contributed by atoms with Gasteiger partial charge in [-0.1, -0.05) is 51.2 Å². The first-order chi connectivity index (χ1) is 6.92. The number of allylic oxidation sites excluding steroid dienone is 2. The van der Waals surface area contributed by atoms with Crippen molar-refractivity contribution in [3.8, 4) is 0 Å². The maximum Gasteiger partial charge on any atom is -0.0202 e. The lowest BCUT2D eigenvalue weighted by Crippen LogP contribution is -2.28. The van der Waals surface area contributed by atoms with Crippen LogP contribution in [-0.4, -0.2) is 0 Å². The van der Waals surface area contributed by atoms with Gasteiger partial charge in [0.15, 0.2) is 0 Å². The second-order valence-corrected chi connectivity index (χ2v) is 5.17. The minimum absolute atomic E-state index is 0.958. The van der Waals surface area contributed by atoms with Crippen molar-refractivity contribution in [2.24, 2.45) is 17.8 Å². The molecule has 2 rings (SSSR count). The van der Waals surface area contributed by atoms with Gasteiger partial charge in [0.05, 0.1) is 0 Å². The Kier molecular flexibility index (Phi) is 3.67. The average Bonchev–Trinajstić information content (AvgIpc) is 2.26. The molecule has 14 heavy (non-hydrogen) atoms. The fourth-order valence-electron chi connectivity index (χ4n) is 3.47. The van der Waals surface area contributed by atoms with Crippen molar-refractivity contribution in [1.29, 1.82) is 0 Å². The molecule has 3 atom stereocenters. The van der Waals surface area contributed by atoms with Crippen molar-refractivity contribution in [3.05, 3.63) is 12.2 Å². The van der Waals surface area contributed by atoms with Gasteiger partial charge in [-0.25, -0.2) is 0 Å². The highest BCUT2D eigenvalue weighted by atomic mass is 14.4. The van der Waals surface area contributed by atoms with Gasteiger partial charge < -0.3 is 0 Å². The number of hydrogen-bond donors (Lipinski definition) is 0. The topological polar surface area (TPSA) is 0 Å². The highest BCUT2D eigenvalue weighted by molar-refractivity contribution is 5.00. The van der Waals surface area contributed by atoms with Crippen molar-refractivity contribution < 1.29 is 0 Å². The Balaban J connectivity index is 1.92. The van der Waals surface area contributed by atoms with Crippen LogP contribution < -0.4 is 0 Å². The zero-order chi connectivity index (χ0) is 9.80. The monoisotopic (exact) mass is 192 g/mol. The summed E-state index contributed by atoms with van der Waals surface area (Å²) < 4.78 is 0. The Morgan fingerprint density at radius 3 is 3.00 bits per heavy atom.